The molecule has 1 aromatic heterocycles. The normalized spacial score (nSPS) is 10.5. The van der Waals surface area contributed by atoms with Crippen LogP contribution in [0.5, 0.6) is 5.88 Å². The molecule has 0 saturated heterocycles. The van der Waals surface area contributed by atoms with Gasteiger partial charge in [-0.05, 0) is 0 Å². The number of nitrogens with zero attached hydrogens (tertiary/aromatic N) is 2. The largest absolute Gasteiger partial charge is 0.475 e. The first-order valence-corrected chi connectivity index (χ1v) is 6.32. The maximum absolute atomic E-state index is 10.6. The first-order valence-electron chi connectivity index (χ1n) is 6.32. The number of ether oxygens (including phenoxy) is 4. The van der Waals surface area contributed by atoms with Crippen LogP contribution in [0.25, 0.3) is 0 Å². The fourth-order valence-corrected chi connectivity index (χ4v) is 1.36. The Balaban J connectivity index is 2.17. The summed E-state index contributed by atoms with van der Waals surface area (Å²) in [6.45, 7) is 2.49. The fraction of sp³-hybridized carbons (Fsp3) is 0.583. The standard InChI is InChI=1S/C12H19N3O6/c1-18-2-3-19-4-5-20-6-7-21-12-9-10(15(16)17)8-11(13)14-12/h8-9H,2-7H2,1H3,(H2,13,14). The van der Waals surface area contributed by atoms with Crippen LogP contribution in [0.2, 0.25) is 0 Å². The van der Waals surface area contributed by atoms with E-state index in [4.69, 9.17) is 24.7 Å². The van der Waals surface area contributed by atoms with Crippen molar-refractivity contribution < 1.29 is 23.9 Å². The van der Waals surface area contributed by atoms with Crippen LogP contribution in [-0.2, 0) is 14.2 Å². The van der Waals surface area contributed by atoms with Gasteiger partial charge < -0.3 is 24.7 Å². The summed E-state index contributed by atoms with van der Waals surface area (Å²) in [6.07, 6.45) is 0. The molecule has 0 amide bonds. The molecule has 0 atom stereocenters. The highest BCUT2D eigenvalue weighted by Crippen LogP contribution is 2.20. The Morgan fingerprint density at radius 1 is 1.14 bits per heavy atom. The van der Waals surface area contributed by atoms with Crippen molar-refractivity contribution in [3.63, 3.8) is 0 Å². The van der Waals surface area contributed by atoms with E-state index in [0.29, 0.717) is 33.0 Å². The molecular weight excluding hydrogens is 282 g/mol. The van der Waals surface area contributed by atoms with E-state index in [1.165, 1.54) is 12.1 Å². The van der Waals surface area contributed by atoms with Crippen molar-refractivity contribution in [2.75, 3.05) is 52.5 Å². The molecule has 9 nitrogen and oxygen atoms in total. The van der Waals surface area contributed by atoms with Crippen molar-refractivity contribution in [1.29, 1.82) is 0 Å². The van der Waals surface area contributed by atoms with E-state index in [-0.39, 0.29) is 24.0 Å². The molecule has 0 aliphatic carbocycles. The summed E-state index contributed by atoms with van der Waals surface area (Å²) in [7, 11) is 1.60. The van der Waals surface area contributed by atoms with Crippen molar-refractivity contribution in [3.05, 3.63) is 22.2 Å². The lowest BCUT2D eigenvalue weighted by Gasteiger charge is -2.07. The predicted molar refractivity (Wildman–Crippen MR) is 74.3 cm³/mol. The Bertz CT molecular complexity index is 443. The molecule has 1 heterocycles. The van der Waals surface area contributed by atoms with Crippen LogP contribution in [0.3, 0.4) is 0 Å². The molecule has 0 aliphatic rings. The molecular formula is C12H19N3O6. The lowest BCUT2D eigenvalue weighted by Crippen LogP contribution is -2.12. The number of aromatic nitrogens is 1. The van der Waals surface area contributed by atoms with Gasteiger partial charge in [0.05, 0.1) is 50.1 Å². The number of rotatable bonds is 11. The monoisotopic (exact) mass is 301 g/mol. The zero-order valence-electron chi connectivity index (χ0n) is 11.8. The van der Waals surface area contributed by atoms with Crippen LogP contribution in [0.4, 0.5) is 11.5 Å². The van der Waals surface area contributed by atoms with Crippen LogP contribution < -0.4 is 10.5 Å². The Morgan fingerprint density at radius 3 is 2.38 bits per heavy atom. The molecule has 0 saturated carbocycles. The van der Waals surface area contributed by atoms with E-state index < -0.39 is 4.92 Å². The van der Waals surface area contributed by atoms with E-state index in [2.05, 4.69) is 4.98 Å². The first-order chi connectivity index (χ1) is 10.1. The lowest BCUT2D eigenvalue weighted by molar-refractivity contribution is -0.384. The van der Waals surface area contributed by atoms with Crippen LogP contribution in [0.1, 0.15) is 0 Å². The van der Waals surface area contributed by atoms with Gasteiger partial charge in [-0.15, -0.1) is 0 Å². The van der Waals surface area contributed by atoms with Crippen molar-refractivity contribution in [2.45, 2.75) is 0 Å². The smallest absolute Gasteiger partial charge is 0.278 e. The third kappa shape index (κ3) is 7.40. The topological polar surface area (TPSA) is 119 Å². The summed E-state index contributed by atoms with van der Waals surface area (Å²) in [6, 6.07) is 2.38. The fourth-order valence-electron chi connectivity index (χ4n) is 1.36. The number of nitrogens with two attached hydrogens (primary N) is 1. The zero-order chi connectivity index (χ0) is 15.5. The molecule has 2 N–H and O–H groups in total. The molecule has 21 heavy (non-hydrogen) atoms. The minimum absolute atomic E-state index is 0.0339. The number of methoxy groups -OCH3 is 1. The molecule has 1 aromatic rings. The molecule has 0 aliphatic heterocycles. The average Bonchev–Trinajstić information content (AvgIpc) is 2.45. The van der Waals surface area contributed by atoms with E-state index >= 15 is 0 Å². The number of nitro groups is 1. The second-order valence-electron chi connectivity index (χ2n) is 3.91. The molecule has 9 heteroatoms. The third-order valence-corrected chi connectivity index (χ3v) is 2.30. The Hall–Kier alpha value is -1.97. The summed E-state index contributed by atoms with van der Waals surface area (Å²) in [5.74, 6) is 0.133. The molecule has 0 fully saturated rings. The van der Waals surface area contributed by atoms with E-state index in [9.17, 15) is 10.1 Å². The van der Waals surface area contributed by atoms with Crippen molar-refractivity contribution >= 4 is 11.5 Å². The SMILES string of the molecule is COCCOCCOCCOc1cc([N+](=O)[O-])cc(N)n1. The van der Waals surface area contributed by atoms with Gasteiger partial charge in [0, 0.05) is 7.11 Å². The van der Waals surface area contributed by atoms with Gasteiger partial charge in [-0.25, -0.2) is 0 Å². The Kier molecular flexibility index (Phi) is 8.02. The summed E-state index contributed by atoms with van der Waals surface area (Å²) < 4.78 is 20.5. The van der Waals surface area contributed by atoms with Gasteiger partial charge in [-0.2, -0.15) is 4.98 Å². The maximum atomic E-state index is 10.6. The zero-order valence-corrected chi connectivity index (χ0v) is 11.8. The van der Waals surface area contributed by atoms with Gasteiger partial charge in [-0.1, -0.05) is 0 Å². The molecule has 0 radical (unpaired) electrons. The van der Waals surface area contributed by atoms with Crippen molar-refractivity contribution in [1.82, 2.24) is 4.98 Å². The van der Waals surface area contributed by atoms with Gasteiger partial charge in [0.15, 0.2) is 0 Å². The molecule has 0 bridgehead atoms. The molecule has 0 aromatic carbocycles. The summed E-state index contributed by atoms with van der Waals surface area (Å²) in [4.78, 5) is 13.9. The number of pyridine rings is 1. The second-order valence-corrected chi connectivity index (χ2v) is 3.91. The van der Waals surface area contributed by atoms with Crippen molar-refractivity contribution in [3.8, 4) is 5.88 Å². The first kappa shape index (κ1) is 17.1. The Morgan fingerprint density at radius 2 is 1.76 bits per heavy atom. The van der Waals surface area contributed by atoms with Crippen LogP contribution >= 0.6 is 0 Å². The van der Waals surface area contributed by atoms with Crippen LogP contribution in [0, 0.1) is 10.1 Å². The summed E-state index contributed by atoms with van der Waals surface area (Å²) >= 11 is 0. The van der Waals surface area contributed by atoms with E-state index in [1.807, 2.05) is 0 Å². The molecule has 0 spiro atoms. The lowest BCUT2D eigenvalue weighted by atomic mass is 10.4. The number of hydrogen-bond acceptors (Lipinski definition) is 8. The quantitative estimate of drug-likeness (QED) is 0.359. The highest BCUT2D eigenvalue weighted by Gasteiger charge is 2.10. The van der Waals surface area contributed by atoms with Gasteiger partial charge in [-0.3, -0.25) is 10.1 Å². The highest BCUT2D eigenvalue weighted by atomic mass is 16.6. The molecule has 0 unspecified atom stereocenters. The highest BCUT2D eigenvalue weighted by molar-refractivity contribution is 5.45. The predicted octanol–water partition coefficient (Wildman–Crippen LogP) is 0.630. The molecule has 1 rings (SSSR count). The van der Waals surface area contributed by atoms with Crippen LogP contribution in [0.15, 0.2) is 12.1 Å². The van der Waals surface area contributed by atoms with Gasteiger partial charge in [0.25, 0.3) is 5.69 Å². The third-order valence-electron chi connectivity index (χ3n) is 2.30. The van der Waals surface area contributed by atoms with Crippen LogP contribution in [-0.4, -0.2) is 56.7 Å². The summed E-state index contributed by atoms with van der Waals surface area (Å²) in [5, 5.41) is 10.6. The van der Waals surface area contributed by atoms with E-state index in [1.54, 1.807) is 7.11 Å². The van der Waals surface area contributed by atoms with E-state index in [0.717, 1.165) is 0 Å². The maximum Gasteiger partial charge on any atom is 0.278 e. The Labute approximate surface area is 122 Å². The average molecular weight is 301 g/mol. The second kappa shape index (κ2) is 9.86. The van der Waals surface area contributed by atoms with Gasteiger partial charge in [0.2, 0.25) is 5.88 Å². The minimum Gasteiger partial charge on any atom is -0.475 e. The van der Waals surface area contributed by atoms with Gasteiger partial charge >= 0.3 is 0 Å². The number of hydrogen-bond donors (Lipinski definition) is 1. The van der Waals surface area contributed by atoms with Crippen molar-refractivity contribution in [2.24, 2.45) is 0 Å². The number of anilines is 1. The minimum atomic E-state index is -0.557. The summed E-state index contributed by atoms with van der Waals surface area (Å²) in [5.41, 5.74) is 5.29. The number of nitrogen functional groups attached to an aromatic ring is 1. The van der Waals surface area contributed by atoms with Gasteiger partial charge in [0.1, 0.15) is 12.4 Å². The molecule has 118 valence electrons.